The molecule has 134 valence electrons. The van der Waals surface area contributed by atoms with E-state index in [2.05, 4.69) is 4.72 Å². The Bertz CT molecular complexity index is 815. The summed E-state index contributed by atoms with van der Waals surface area (Å²) < 4.78 is 30.8. The van der Waals surface area contributed by atoms with Crippen LogP contribution in [0.2, 0.25) is 0 Å². The Morgan fingerprint density at radius 1 is 1.08 bits per heavy atom. The first-order chi connectivity index (χ1) is 11.9. The average molecular weight is 362 g/mol. The predicted octanol–water partition coefficient (Wildman–Crippen LogP) is 2.20. The molecule has 0 aliphatic heterocycles. The lowest BCUT2D eigenvalue weighted by atomic mass is 10.1. The second-order valence-electron chi connectivity index (χ2n) is 5.50. The zero-order valence-electron chi connectivity index (χ0n) is 14.5. The Hall–Kier alpha value is -2.38. The maximum absolute atomic E-state index is 12.3. The predicted molar refractivity (Wildman–Crippen MR) is 97.4 cm³/mol. The van der Waals surface area contributed by atoms with Gasteiger partial charge in [0.1, 0.15) is 5.75 Å². The van der Waals surface area contributed by atoms with E-state index in [4.69, 9.17) is 4.74 Å². The summed E-state index contributed by atoms with van der Waals surface area (Å²) >= 11 is 0. The van der Waals surface area contributed by atoms with Crippen LogP contribution in [0.4, 0.5) is 5.69 Å². The van der Waals surface area contributed by atoms with E-state index in [1.165, 1.54) is 7.05 Å². The van der Waals surface area contributed by atoms with E-state index in [9.17, 15) is 13.2 Å². The van der Waals surface area contributed by atoms with Crippen molar-refractivity contribution in [2.75, 3.05) is 26.1 Å². The number of hydrogen-bond donors (Lipinski definition) is 1. The first-order valence-corrected chi connectivity index (χ1v) is 9.29. The third kappa shape index (κ3) is 4.80. The number of amides is 1. The largest absolute Gasteiger partial charge is 0.497 e. The van der Waals surface area contributed by atoms with Gasteiger partial charge in [-0.3, -0.25) is 4.79 Å². The summed E-state index contributed by atoms with van der Waals surface area (Å²) in [6.07, 6.45) is 0.875. The molecule has 1 amide bonds. The molecule has 0 bridgehead atoms. The number of anilines is 1. The van der Waals surface area contributed by atoms with Crippen molar-refractivity contribution in [1.82, 2.24) is 4.72 Å². The summed E-state index contributed by atoms with van der Waals surface area (Å²) in [5.41, 5.74) is 1.70. The monoisotopic (exact) mass is 362 g/mol. The van der Waals surface area contributed by atoms with E-state index in [0.717, 1.165) is 17.0 Å². The van der Waals surface area contributed by atoms with Crippen molar-refractivity contribution < 1.29 is 17.9 Å². The molecule has 2 rings (SSSR count). The summed E-state index contributed by atoms with van der Waals surface area (Å²) in [5.74, 6) is 0.721. The zero-order valence-corrected chi connectivity index (χ0v) is 15.3. The van der Waals surface area contributed by atoms with Crippen LogP contribution in [0.3, 0.4) is 0 Å². The van der Waals surface area contributed by atoms with Crippen LogP contribution in [0.15, 0.2) is 53.4 Å². The van der Waals surface area contributed by atoms with E-state index in [1.54, 1.807) is 55.5 Å². The van der Waals surface area contributed by atoms with Gasteiger partial charge in [-0.05, 0) is 55.4 Å². The number of carbonyl (C=O) groups excluding carboxylic acids is 1. The van der Waals surface area contributed by atoms with Crippen LogP contribution in [0.5, 0.6) is 5.75 Å². The molecule has 2 aromatic carbocycles. The maximum Gasteiger partial charge on any atom is 0.240 e. The van der Waals surface area contributed by atoms with Gasteiger partial charge in [0.15, 0.2) is 0 Å². The molecule has 0 radical (unpaired) electrons. The lowest BCUT2D eigenvalue weighted by molar-refractivity contribution is -0.118. The van der Waals surface area contributed by atoms with Gasteiger partial charge in [0.25, 0.3) is 0 Å². The molecule has 1 N–H and O–H groups in total. The molecule has 0 unspecified atom stereocenters. The van der Waals surface area contributed by atoms with Crippen LogP contribution in [-0.2, 0) is 21.2 Å². The summed E-state index contributed by atoms with van der Waals surface area (Å²) in [6.45, 7) is 0. The van der Waals surface area contributed by atoms with E-state index < -0.39 is 10.0 Å². The SMILES string of the molecule is CNS(=O)(=O)c1ccc(CCC(=O)N(C)c2ccc(OC)cc2)cc1. The molecule has 0 aliphatic rings. The quantitative estimate of drug-likeness (QED) is 0.819. The summed E-state index contributed by atoms with van der Waals surface area (Å²) in [4.78, 5) is 14.1. The van der Waals surface area contributed by atoms with Gasteiger partial charge in [-0.15, -0.1) is 0 Å². The minimum absolute atomic E-state index is 0.0166. The minimum atomic E-state index is -3.44. The van der Waals surface area contributed by atoms with Crippen LogP contribution in [0.1, 0.15) is 12.0 Å². The molecule has 25 heavy (non-hydrogen) atoms. The Labute approximate surface area is 148 Å². The molecule has 0 atom stereocenters. The molecule has 7 heteroatoms. The molecule has 0 fully saturated rings. The highest BCUT2D eigenvalue weighted by atomic mass is 32.2. The Balaban J connectivity index is 1.96. The van der Waals surface area contributed by atoms with Crippen molar-refractivity contribution in [3.05, 3.63) is 54.1 Å². The average Bonchev–Trinajstić information content (AvgIpc) is 2.65. The molecule has 0 spiro atoms. The topological polar surface area (TPSA) is 75.7 Å². The molecular formula is C18H22N2O4S. The standard InChI is InChI=1S/C18H22N2O4S/c1-19-25(22,23)17-11-4-14(5-12-17)6-13-18(21)20(2)15-7-9-16(24-3)10-8-15/h4-5,7-12,19H,6,13H2,1-3H3. The summed E-state index contributed by atoms with van der Waals surface area (Å²) in [5, 5.41) is 0. The maximum atomic E-state index is 12.3. The fourth-order valence-electron chi connectivity index (χ4n) is 2.32. The highest BCUT2D eigenvalue weighted by Gasteiger charge is 2.13. The Morgan fingerprint density at radius 2 is 1.68 bits per heavy atom. The van der Waals surface area contributed by atoms with Crippen LogP contribution in [-0.4, -0.2) is 35.5 Å². The van der Waals surface area contributed by atoms with Crippen LogP contribution >= 0.6 is 0 Å². The van der Waals surface area contributed by atoms with Crippen molar-refractivity contribution in [3.8, 4) is 5.75 Å². The van der Waals surface area contributed by atoms with Gasteiger partial charge in [-0.1, -0.05) is 12.1 Å². The minimum Gasteiger partial charge on any atom is -0.497 e. The Kier molecular flexibility index (Phi) is 6.17. The van der Waals surface area contributed by atoms with Crippen LogP contribution < -0.4 is 14.4 Å². The fraction of sp³-hybridized carbons (Fsp3) is 0.278. The first kappa shape index (κ1) is 19.0. The normalized spacial score (nSPS) is 11.2. The molecule has 2 aromatic rings. The van der Waals surface area contributed by atoms with Crippen molar-refractivity contribution in [1.29, 1.82) is 0 Å². The molecule has 0 saturated carbocycles. The van der Waals surface area contributed by atoms with Crippen molar-refractivity contribution in [3.63, 3.8) is 0 Å². The number of nitrogens with zero attached hydrogens (tertiary/aromatic N) is 1. The van der Waals surface area contributed by atoms with Crippen molar-refractivity contribution >= 4 is 21.6 Å². The third-order valence-electron chi connectivity index (χ3n) is 3.96. The number of aryl methyl sites for hydroxylation is 1. The molecule has 0 aromatic heterocycles. The van der Waals surface area contributed by atoms with Gasteiger partial charge in [-0.2, -0.15) is 0 Å². The number of carbonyl (C=O) groups is 1. The third-order valence-corrected chi connectivity index (χ3v) is 5.39. The highest BCUT2D eigenvalue weighted by Crippen LogP contribution is 2.19. The molecule has 6 nitrogen and oxygen atoms in total. The zero-order chi connectivity index (χ0) is 18.4. The van der Waals surface area contributed by atoms with E-state index in [-0.39, 0.29) is 10.8 Å². The number of benzene rings is 2. The molecule has 0 heterocycles. The summed E-state index contributed by atoms with van der Waals surface area (Å²) in [6, 6.07) is 13.8. The van der Waals surface area contributed by atoms with Gasteiger partial charge in [0.2, 0.25) is 15.9 Å². The van der Waals surface area contributed by atoms with Crippen LogP contribution in [0, 0.1) is 0 Å². The number of rotatable bonds is 7. The molecule has 0 aliphatic carbocycles. The van der Waals surface area contributed by atoms with E-state index in [1.807, 2.05) is 12.1 Å². The molecular weight excluding hydrogens is 340 g/mol. The number of hydrogen-bond acceptors (Lipinski definition) is 4. The smallest absolute Gasteiger partial charge is 0.240 e. The van der Waals surface area contributed by atoms with Crippen molar-refractivity contribution in [2.24, 2.45) is 0 Å². The van der Waals surface area contributed by atoms with Crippen molar-refractivity contribution in [2.45, 2.75) is 17.7 Å². The van der Waals surface area contributed by atoms with Crippen LogP contribution in [0.25, 0.3) is 0 Å². The number of methoxy groups -OCH3 is 1. The van der Waals surface area contributed by atoms with E-state index in [0.29, 0.717) is 12.8 Å². The van der Waals surface area contributed by atoms with Gasteiger partial charge in [0.05, 0.1) is 12.0 Å². The highest BCUT2D eigenvalue weighted by molar-refractivity contribution is 7.89. The van der Waals surface area contributed by atoms with E-state index >= 15 is 0 Å². The second kappa shape index (κ2) is 8.13. The number of nitrogens with one attached hydrogen (secondary N) is 1. The Morgan fingerprint density at radius 3 is 2.20 bits per heavy atom. The fourth-order valence-corrected chi connectivity index (χ4v) is 3.05. The van der Waals surface area contributed by atoms with Gasteiger partial charge in [-0.25, -0.2) is 13.1 Å². The van der Waals surface area contributed by atoms with Gasteiger partial charge in [0, 0.05) is 19.2 Å². The van der Waals surface area contributed by atoms with Gasteiger partial charge >= 0.3 is 0 Å². The van der Waals surface area contributed by atoms with Gasteiger partial charge < -0.3 is 9.64 Å². The number of sulfonamides is 1. The second-order valence-corrected chi connectivity index (χ2v) is 7.39. The number of ether oxygens (including phenoxy) is 1. The first-order valence-electron chi connectivity index (χ1n) is 7.80. The summed E-state index contributed by atoms with van der Waals surface area (Å²) in [7, 11) is 1.26. The molecule has 0 saturated heterocycles. The lowest BCUT2D eigenvalue weighted by Crippen LogP contribution is -2.26. The lowest BCUT2D eigenvalue weighted by Gasteiger charge is -2.17.